The van der Waals surface area contributed by atoms with E-state index >= 15 is 0 Å². The third-order valence-electron chi connectivity index (χ3n) is 3.53. The van der Waals surface area contributed by atoms with Gasteiger partial charge in [0.15, 0.2) is 12.4 Å². The second-order valence-corrected chi connectivity index (χ2v) is 5.74. The van der Waals surface area contributed by atoms with E-state index in [-0.39, 0.29) is 24.0 Å². The maximum Gasteiger partial charge on any atom is 0.262 e. The van der Waals surface area contributed by atoms with Crippen LogP contribution in [0.25, 0.3) is 0 Å². The maximum atomic E-state index is 13.3. The number of amides is 2. The highest BCUT2D eigenvalue weighted by Gasteiger charge is 2.12. The smallest absolute Gasteiger partial charge is 0.262 e. The molecule has 7 heteroatoms. The van der Waals surface area contributed by atoms with Crippen LogP contribution in [-0.2, 0) is 9.59 Å². The number of rotatable bonds is 6. The second kappa shape index (κ2) is 8.24. The number of carbonyl (C=O) groups excluding carboxylic acids is 3. The van der Waals surface area contributed by atoms with E-state index in [1.54, 1.807) is 19.1 Å². The van der Waals surface area contributed by atoms with E-state index in [0.717, 1.165) is 0 Å². The van der Waals surface area contributed by atoms with Crippen molar-refractivity contribution in [1.29, 1.82) is 0 Å². The monoisotopic (exact) mass is 358 g/mol. The lowest BCUT2D eigenvalue weighted by Crippen LogP contribution is -2.21. The summed E-state index contributed by atoms with van der Waals surface area (Å²) in [5.41, 5.74) is 1.78. The lowest BCUT2D eigenvalue weighted by Gasteiger charge is -2.13. The van der Waals surface area contributed by atoms with Gasteiger partial charge in [0.25, 0.3) is 5.91 Å². The fraction of sp³-hybridized carbons (Fsp3) is 0.211. The van der Waals surface area contributed by atoms with Gasteiger partial charge in [0, 0.05) is 18.2 Å². The molecule has 136 valence electrons. The number of anilines is 2. The van der Waals surface area contributed by atoms with Crippen LogP contribution < -0.4 is 15.4 Å². The first-order chi connectivity index (χ1) is 12.3. The molecule has 2 aromatic carbocycles. The number of carbonyl (C=O) groups is 3. The van der Waals surface area contributed by atoms with Gasteiger partial charge in [-0.3, -0.25) is 14.4 Å². The number of Topliss-reactive ketones (excluding diaryl/α,β-unsaturated/α-hetero) is 1. The Labute approximate surface area is 150 Å². The van der Waals surface area contributed by atoms with Gasteiger partial charge in [-0.05, 0) is 49.7 Å². The molecular weight excluding hydrogens is 339 g/mol. The van der Waals surface area contributed by atoms with Gasteiger partial charge in [-0.1, -0.05) is 6.07 Å². The zero-order valence-corrected chi connectivity index (χ0v) is 14.7. The van der Waals surface area contributed by atoms with Gasteiger partial charge >= 0.3 is 0 Å². The lowest BCUT2D eigenvalue weighted by molar-refractivity contribution is -0.118. The summed E-state index contributed by atoms with van der Waals surface area (Å²) in [5, 5.41) is 5.13. The van der Waals surface area contributed by atoms with Crippen LogP contribution in [0.1, 0.15) is 29.8 Å². The SMILES string of the molecule is CC(=O)Nc1ccc(C(C)=O)cc1OCC(=O)Nc1cc(F)ccc1C. The Morgan fingerprint density at radius 3 is 2.38 bits per heavy atom. The summed E-state index contributed by atoms with van der Waals surface area (Å²) < 4.78 is 18.7. The Balaban J connectivity index is 2.12. The summed E-state index contributed by atoms with van der Waals surface area (Å²) in [6.07, 6.45) is 0. The second-order valence-electron chi connectivity index (χ2n) is 5.74. The van der Waals surface area contributed by atoms with Crippen molar-refractivity contribution >= 4 is 29.0 Å². The van der Waals surface area contributed by atoms with Crippen LogP contribution in [0.15, 0.2) is 36.4 Å². The van der Waals surface area contributed by atoms with Crippen LogP contribution >= 0.6 is 0 Å². The number of nitrogens with one attached hydrogen (secondary N) is 2. The molecule has 6 nitrogen and oxygen atoms in total. The number of benzene rings is 2. The highest BCUT2D eigenvalue weighted by atomic mass is 19.1. The number of halogens is 1. The number of aryl methyl sites for hydroxylation is 1. The molecule has 0 radical (unpaired) electrons. The van der Waals surface area contributed by atoms with Crippen LogP contribution in [-0.4, -0.2) is 24.2 Å². The molecule has 26 heavy (non-hydrogen) atoms. The van der Waals surface area contributed by atoms with Crippen LogP contribution in [0.4, 0.5) is 15.8 Å². The van der Waals surface area contributed by atoms with Crippen molar-refractivity contribution in [1.82, 2.24) is 0 Å². The summed E-state index contributed by atoms with van der Waals surface area (Å²) in [7, 11) is 0. The lowest BCUT2D eigenvalue weighted by atomic mass is 10.1. The number of ether oxygens (including phenoxy) is 1. The van der Waals surface area contributed by atoms with E-state index in [4.69, 9.17) is 4.74 Å². The molecule has 0 bridgehead atoms. The predicted molar refractivity (Wildman–Crippen MR) is 96.0 cm³/mol. The molecule has 0 saturated carbocycles. The summed E-state index contributed by atoms with van der Waals surface area (Å²) in [4.78, 5) is 34.9. The Kier molecular flexibility index (Phi) is 6.06. The van der Waals surface area contributed by atoms with Crippen LogP contribution in [0.3, 0.4) is 0 Å². The van der Waals surface area contributed by atoms with Gasteiger partial charge in [0.2, 0.25) is 5.91 Å². The topological polar surface area (TPSA) is 84.5 Å². The van der Waals surface area contributed by atoms with E-state index in [2.05, 4.69) is 10.6 Å². The minimum atomic E-state index is -0.499. The first-order valence-electron chi connectivity index (χ1n) is 7.87. The van der Waals surface area contributed by atoms with Crippen molar-refractivity contribution in [2.24, 2.45) is 0 Å². The summed E-state index contributed by atoms with van der Waals surface area (Å²) in [6.45, 7) is 4.10. The summed E-state index contributed by atoms with van der Waals surface area (Å²) >= 11 is 0. The molecule has 0 atom stereocenters. The van der Waals surface area contributed by atoms with Crippen molar-refractivity contribution in [3.8, 4) is 5.75 Å². The fourth-order valence-electron chi connectivity index (χ4n) is 2.21. The number of hydrogen-bond donors (Lipinski definition) is 2. The van der Waals surface area contributed by atoms with Crippen molar-refractivity contribution in [3.63, 3.8) is 0 Å². The van der Waals surface area contributed by atoms with Gasteiger partial charge in [-0.2, -0.15) is 0 Å². The highest BCUT2D eigenvalue weighted by Crippen LogP contribution is 2.26. The minimum absolute atomic E-state index is 0.177. The van der Waals surface area contributed by atoms with E-state index < -0.39 is 11.7 Å². The van der Waals surface area contributed by atoms with Gasteiger partial charge in [-0.25, -0.2) is 4.39 Å². The predicted octanol–water partition coefficient (Wildman–Crippen LogP) is 3.31. The van der Waals surface area contributed by atoms with Crippen molar-refractivity contribution in [2.75, 3.05) is 17.2 Å². The molecule has 2 rings (SSSR count). The molecule has 0 spiro atoms. The number of hydrogen-bond acceptors (Lipinski definition) is 4. The zero-order valence-electron chi connectivity index (χ0n) is 14.7. The molecule has 0 aliphatic heterocycles. The summed E-state index contributed by atoms with van der Waals surface area (Å²) in [6, 6.07) is 8.60. The fourth-order valence-corrected chi connectivity index (χ4v) is 2.21. The molecule has 0 aromatic heterocycles. The standard InChI is InChI=1S/C19H19FN2O4/c1-11-4-6-15(20)9-17(11)22-19(25)10-26-18-8-14(12(2)23)5-7-16(18)21-13(3)24/h4-9H,10H2,1-3H3,(H,21,24)(H,22,25). The molecule has 2 aromatic rings. The largest absolute Gasteiger partial charge is 0.482 e. The van der Waals surface area contributed by atoms with Gasteiger partial charge < -0.3 is 15.4 Å². The van der Waals surface area contributed by atoms with Crippen LogP contribution in [0.2, 0.25) is 0 Å². The first kappa shape index (κ1) is 19.1. The van der Waals surface area contributed by atoms with E-state index in [1.807, 2.05) is 0 Å². The Morgan fingerprint density at radius 1 is 1.00 bits per heavy atom. The zero-order chi connectivity index (χ0) is 19.3. The highest BCUT2D eigenvalue weighted by molar-refractivity contribution is 5.97. The van der Waals surface area contributed by atoms with Crippen molar-refractivity contribution in [3.05, 3.63) is 53.3 Å². The Hall–Kier alpha value is -3.22. The van der Waals surface area contributed by atoms with Gasteiger partial charge in [-0.15, -0.1) is 0 Å². The van der Waals surface area contributed by atoms with Crippen LogP contribution in [0.5, 0.6) is 5.75 Å². The minimum Gasteiger partial charge on any atom is -0.482 e. The Morgan fingerprint density at radius 2 is 1.73 bits per heavy atom. The number of ketones is 1. The normalized spacial score (nSPS) is 10.2. The Bertz CT molecular complexity index is 865. The van der Waals surface area contributed by atoms with Gasteiger partial charge in [0.1, 0.15) is 11.6 Å². The van der Waals surface area contributed by atoms with Gasteiger partial charge in [0.05, 0.1) is 5.69 Å². The average Bonchev–Trinajstić information content (AvgIpc) is 2.56. The first-order valence-corrected chi connectivity index (χ1v) is 7.87. The average molecular weight is 358 g/mol. The van der Waals surface area contributed by atoms with Crippen molar-refractivity contribution in [2.45, 2.75) is 20.8 Å². The third-order valence-corrected chi connectivity index (χ3v) is 3.53. The molecule has 2 N–H and O–H groups in total. The van der Waals surface area contributed by atoms with Crippen molar-refractivity contribution < 1.29 is 23.5 Å². The van der Waals surface area contributed by atoms with E-state index in [9.17, 15) is 18.8 Å². The molecule has 0 unspecified atom stereocenters. The molecular formula is C19H19FN2O4. The van der Waals surface area contributed by atoms with E-state index in [0.29, 0.717) is 22.5 Å². The molecule has 0 aliphatic carbocycles. The van der Waals surface area contributed by atoms with E-state index in [1.165, 1.54) is 38.1 Å². The molecule has 2 amide bonds. The van der Waals surface area contributed by atoms with Crippen LogP contribution in [0, 0.1) is 12.7 Å². The summed E-state index contributed by atoms with van der Waals surface area (Å²) in [5.74, 6) is -1.26. The molecule has 0 aliphatic rings. The maximum absolute atomic E-state index is 13.3. The molecule has 0 saturated heterocycles. The molecule has 0 fully saturated rings. The third kappa shape index (κ3) is 5.14. The molecule has 0 heterocycles. The quantitative estimate of drug-likeness (QED) is 0.776.